The van der Waals surface area contributed by atoms with Crippen LogP contribution in [0.5, 0.6) is 0 Å². The SMILES string of the molecule is CCCNc1sc(C(=O)NC)c(N)c1SC. The molecule has 4 nitrogen and oxygen atoms in total. The highest BCUT2D eigenvalue weighted by Gasteiger charge is 2.19. The lowest BCUT2D eigenvalue weighted by molar-refractivity contribution is 0.0968. The van der Waals surface area contributed by atoms with Crippen molar-refractivity contribution >= 4 is 39.7 Å². The third-order valence-electron chi connectivity index (χ3n) is 2.07. The predicted octanol–water partition coefficient (Wildman–Crippen LogP) is 2.23. The van der Waals surface area contributed by atoms with Crippen LogP contribution in [0, 0.1) is 0 Å². The molecule has 6 heteroatoms. The third-order valence-corrected chi connectivity index (χ3v) is 4.20. The molecule has 0 radical (unpaired) electrons. The van der Waals surface area contributed by atoms with Gasteiger partial charge in [-0.3, -0.25) is 4.79 Å². The molecule has 16 heavy (non-hydrogen) atoms. The van der Waals surface area contributed by atoms with E-state index in [0.29, 0.717) is 10.6 Å². The summed E-state index contributed by atoms with van der Waals surface area (Å²) in [4.78, 5) is 13.1. The molecule has 0 spiro atoms. The maximum Gasteiger partial charge on any atom is 0.263 e. The molecule has 0 saturated carbocycles. The summed E-state index contributed by atoms with van der Waals surface area (Å²) in [7, 11) is 1.61. The summed E-state index contributed by atoms with van der Waals surface area (Å²) in [6.07, 6.45) is 3.00. The van der Waals surface area contributed by atoms with Gasteiger partial charge < -0.3 is 16.4 Å². The zero-order valence-corrected chi connectivity index (χ0v) is 11.3. The molecule has 0 unspecified atom stereocenters. The Balaban J connectivity index is 3.04. The van der Waals surface area contributed by atoms with E-state index < -0.39 is 0 Å². The van der Waals surface area contributed by atoms with Crippen LogP contribution >= 0.6 is 23.1 Å². The Morgan fingerprint density at radius 2 is 2.25 bits per heavy atom. The Hall–Kier alpha value is -0.880. The molecule has 4 N–H and O–H groups in total. The summed E-state index contributed by atoms with van der Waals surface area (Å²) in [5.74, 6) is -0.123. The van der Waals surface area contributed by atoms with Crippen LogP contribution in [0.25, 0.3) is 0 Å². The molecule has 0 atom stereocenters. The molecule has 0 aliphatic rings. The number of nitrogen functional groups attached to an aromatic ring is 1. The summed E-state index contributed by atoms with van der Waals surface area (Å²) in [5.41, 5.74) is 6.53. The molecule has 1 aromatic heterocycles. The van der Waals surface area contributed by atoms with Crippen LogP contribution in [0.2, 0.25) is 0 Å². The number of thioether (sulfide) groups is 1. The molecule has 90 valence electrons. The van der Waals surface area contributed by atoms with Gasteiger partial charge in [-0.25, -0.2) is 0 Å². The van der Waals surface area contributed by atoms with E-state index in [9.17, 15) is 4.79 Å². The van der Waals surface area contributed by atoms with Gasteiger partial charge in [0.25, 0.3) is 5.91 Å². The van der Waals surface area contributed by atoms with Gasteiger partial charge in [0.1, 0.15) is 9.88 Å². The standard InChI is InChI=1S/C10H17N3OS2/c1-4-5-13-10-8(15-3)6(11)7(16-10)9(14)12-2/h13H,4-5,11H2,1-3H3,(H,12,14). The molecular formula is C10H17N3OS2. The minimum absolute atomic E-state index is 0.123. The number of amides is 1. The lowest BCUT2D eigenvalue weighted by Crippen LogP contribution is -2.17. The minimum atomic E-state index is -0.123. The van der Waals surface area contributed by atoms with Gasteiger partial charge in [0.05, 0.1) is 10.6 Å². The first kappa shape index (κ1) is 13.2. The van der Waals surface area contributed by atoms with Crippen LogP contribution in [0.15, 0.2) is 4.90 Å². The maximum atomic E-state index is 11.6. The number of nitrogens with one attached hydrogen (secondary N) is 2. The van der Waals surface area contributed by atoms with E-state index in [1.165, 1.54) is 11.3 Å². The Morgan fingerprint density at radius 1 is 1.56 bits per heavy atom. The second-order valence-corrected chi connectivity index (χ2v) is 5.05. The Kier molecular flexibility index (Phi) is 4.95. The van der Waals surface area contributed by atoms with Gasteiger partial charge in [-0.05, 0) is 12.7 Å². The Bertz CT molecular complexity index is 376. The van der Waals surface area contributed by atoms with E-state index in [2.05, 4.69) is 17.6 Å². The normalized spacial score (nSPS) is 10.2. The molecule has 0 fully saturated rings. The Morgan fingerprint density at radius 3 is 2.75 bits per heavy atom. The molecule has 1 heterocycles. The monoisotopic (exact) mass is 259 g/mol. The van der Waals surface area contributed by atoms with Gasteiger partial charge in [-0.2, -0.15) is 0 Å². The van der Waals surface area contributed by atoms with Crippen molar-refractivity contribution in [3.8, 4) is 0 Å². The molecule has 1 amide bonds. The van der Waals surface area contributed by atoms with Crippen molar-refractivity contribution in [3.05, 3.63) is 4.88 Å². The van der Waals surface area contributed by atoms with Crippen LogP contribution in [0.4, 0.5) is 10.7 Å². The molecule has 1 aromatic rings. The Labute approximate surface area is 104 Å². The molecular weight excluding hydrogens is 242 g/mol. The van der Waals surface area contributed by atoms with Crippen molar-refractivity contribution < 1.29 is 4.79 Å². The fourth-order valence-electron chi connectivity index (χ4n) is 1.27. The largest absolute Gasteiger partial charge is 0.396 e. The number of thiophene rings is 1. The van der Waals surface area contributed by atoms with Gasteiger partial charge in [-0.15, -0.1) is 23.1 Å². The fraction of sp³-hybridized carbons (Fsp3) is 0.500. The molecule has 0 aliphatic carbocycles. The number of carbonyl (C=O) groups excluding carboxylic acids is 1. The lowest BCUT2D eigenvalue weighted by atomic mass is 10.3. The van der Waals surface area contributed by atoms with Gasteiger partial charge in [0.2, 0.25) is 0 Å². The summed E-state index contributed by atoms with van der Waals surface area (Å²) in [5, 5.41) is 6.88. The maximum absolute atomic E-state index is 11.6. The summed E-state index contributed by atoms with van der Waals surface area (Å²) in [6, 6.07) is 0. The minimum Gasteiger partial charge on any atom is -0.396 e. The van der Waals surface area contributed by atoms with Crippen LogP contribution < -0.4 is 16.4 Å². The molecule has 1 rings (SSSR count). The van der Waals surface area contributed by atoms with E-state index in [1.54, 1.807) is 18.8 Å². The number of hydrogen-bond acceptors (Lipinski definition) is 5. The van der Waals surface area contributed by atoms with Gasteiger partial charge in [0.15, 0.2) is 0 Å². The average molecular weight is 259 g/mol. The highest BCUT2D eigenvalue weighted by Crippen LogP contribution is 2.41. The summed E-state index contributed by atoms with van der Waals surface area (Å²) in [6.45, 7) is 2.99. The average Bonchev–Trinajstić information content (AvgIpc) is 2.62. The predicted molar refractivity (Wildman–Crippen MR) is 72.7 cm³/mol. The second kappa shape index (κ2) is 6.00. The topological polar surface area (TPSA) is 67.2 Å². The molecule has 0 aliphatic heterocycles. The molecule has 0 bridgehead atoms. The van der Waals surface area contributed by atoms with E-state index in [0.717, 1.165) is 22.9 Å². The van der Waals surface area contributed by atoms with E-state index in [4.69, 9.17) is 5.73 Å². The number of nitrogens with two attached hydrogens (primary N) is 1. The molecule has 0 aromatic carbocycles. The van der Waals surface area contributed by atoms with Gasteiger partial charge >= 0.3 is 0 Å². The third kappa shape index (κ3) is 2.62. The van der Waals surface area contributed by atoms with Crippen molar-refractivity contribution in [2.75, 3.05) is 30.9 Å². The summed E-state index contributed by atoms with van der Waals surface area (Å²) < 4.78 is 0. The number of carbonyl (C=O) groups is 1. The zero-order valence-electron chi connectivity index (χ0n) is 9.72. The first-order valence-corrected chi connectivity index (χ1v) is 7.12. The highest BCUT2D eigenvalue weighted by atomic mass is 32.2. The van der Waals surface area contributed by atoms with Crippen molar-refractivity contribution in [1.29, 1.82) is 0 Å². The number of hydrogen-bond donors (Lipinski definition) is 3. The van der Waals surface area contributed by atoms with Crippen LogP contribution in [0.1, 0.15) is 23.0 Å². The first-order valence-electron chi connectivity index (χ1n) is 5.07. The molecule has 0 saturated heterocycles. The van der Waals surface area contributed by atoms with E-state index in [1.807, 2.05) is 6.26 Å². The fourth-order valence-corrected chi connectivity index (χ4v) is 3.28. The van der Waals surface area contributed by atoms with Crippen molar-refractivity contribution in [1.82, 2.24) is 5.32 Å². The van der Waals surface area contributed by atoms with E-state index in [-0.39, 0.29) is 5.91 Å². The van der Waals surface area contributed by atoms with Crippen LogP contribution in [-0.4, -0.2) is 25.8 Å². The van der Waals surface area contributed by atoms with Crippen LogP contribution in [0.3, 0.4) is 0 Å². The van der Waals surface area contributed by atoms with Crippen molar-refractivity contribution in [2.45, 2.75) is 18.2 Å². The zero-order chi connectivity index (χ0) is 12.1. The quantitative estimate of drug-likeness (QED) is 0.709. The van der Waals surface area contributed by atoms with Gasteiger partial charge in [-0.1, -0.05) is 6.92 Å². The van der Waals surface area contributed by atoms with Gasteiger partial charge in [0, 0.05) is 13.6 Å². The van der Waals surface area contributed by atoms with Crippen LogP contribution in [-0.2, 0) is 0 Å². The van der Waals surface area contributed by atoms with Crippen molar-refractivity contribution in [2.24, 2.45) is 0 Å². The second-order valence-electron chi connectivity index (χ2n) is 3.21. The van der Waals surface area contributed by atoms with E-state index >= 15 is 0 Å². The lowest BCUT2D eigenvalue weighted by Gasteiger charge is -2.03. The highest BCUT2D eigenvalue weighted by molar-refractivity contribution is 7.99. The number of anilines is 2. The van der Waals surface area contributed by atoms with Crippen molar-refractivity contribution in [3.63, 3.8) is 0 Å². The smallest absolute Gasteiger partial charge is 0.263 e. The number of rotatable bonds is 5. The summed E-state index contributed by atoms with van der Waals surface area (Å²) >= 11 is 2.98. The first-order chi connectivity index (χ1) is 7.65.